The van der Waals surface area contributed by atoms with Crippen molar-refractivity contribution in [1.82, 2.24) is 15.8 Å². The minimum absolute atomic E-state index is 0.0205. The lowest BCUT2D eigenvalue weighted by Crippen LogP contribution is -2.43. The summed E-state index contributed by atoms with van der Waals surface area (Å²) in [6.45, 7) is 9.92. The van der Waals surface area contributed by atoms with Crippen LogP contribution in [0.15, 0.2) is 28.8 Å². The lowest BCUT2D eigenvalue weighted by Gasteiger charge is -2.29. The second-order valence-electron chi connectivity index (χ2n) is 7.95. The molecule has 0 saturated carbocycles. The highest BCUT2D eigenvalue weighted by Gasteiger charge is 2.24. The van der Waals surface area contributed by atoms with Gasteiger partial charge in [0.2, 0.25) is 5.91 Å². The van der Waals surface area contributed by atoms with Crippen molar-refractivity contribution in [2.24, 2.45) is 5.92 Å². The van der Waals surface area contributed by atoms with Crippen molar-refractivity contribution >= 4 is 17.4 Å². The highest BCUT2D eigenvalue weighted by atomic mass is 16.5. The molecule has 1 fully saturated rings. The average molecular weight is 411 g/mol. The van der Waals surface area contributed by atoms with Crippen LogP contribution in [0.25, 0.3) is 11.1 Å². The Morgan fingerprint density at radius 1 is 1.30 bits per heavy atom. The summed E-state index contributed by atoms with van der Waals surface area (Å²) in [6.07, 6.45) is 0.616. The Kier molecular flexibility index (Phi) is 7.31. The minimum atomic E-state index is -0.498. The van der Waals surface area contributed by atoms with Crippen LogP contribution in [0, 0.1) is 24.2 Å². The first-order valence-corrected chi connectivity index (χ1v) is 10.4. The molecule has 1 unspecified atom stereocenters. The van der Waals surface area contributed by atoms with Gasteiger partial charge in [0.05, 0.1) is 11.6 Å². The number of rotatable bonds is 8. The molecule has 1 aromatic heterocycles. The molecule has 1 aromatic carbocycles. The molecule has 30 heavy (non-hydrogen) atoms. The molecule has 2 heterocycles. The fourth-order valence-corrected chi connectivity index (χ4v) is 3.69. The smallest absolute Gasteiger partial charge is 0.243 e. The summed E-state index contributed by atoms with van der Waals surface area (Å²) in [4.78, 5) is 14.9. The van der Waals surface area contributed by atoms with Crippen LogP contribution < -0.4 is 20.9 Å². The van der Waals surface area contributed by atoms with Gasteiger partial charge >= 0.3 is 0 Å². The maximum absolute atomic E-state index is 12.5. The monoisotopic (exact) mass is 410 g/mol. The number of anilines is 2. The molecule has 1 aliphatic rings. The van der Waals surface area contributed by atoms with Gasteiger partial charge in [0.15, 0.2) is 5.82 Å². The third kappa shape index (κ3) is 5.30. The zero-order valence-electron chi connectivity index (χ0n) is 17.9. The summed E-state index contributed by atoms with van der Waals surface area (Å²) >= 11 is 0. The van der Waals surface area contributed by atoms with Gasteiger partial charge in [0.1, 0.15) is 18.3 Å². The second-order valence-corrected chi connectivity index (χ2v) is 7.95. The fourth-order valence-electron chi connectivity index (χ4n) is 3.69. The topological polar surface area (TPSA) is 106 Å². The lowest BCUT2D eigenvalue weighted by molar-refractivity contribution is -0.121. The molecule has 3 N–H and O–H groups in total. The van der Waals surface area contributed by atoms with E-state index >= 15 is 0 Å². The maximum Gasteiger partial charge on any atom is 0.243 e. The summed E-state index contributed by atoms with van der Waals surface area (Å²) in [7, 11) is 0. The Labute approximate surface area is 177 Å². The highest BCUT2D eigenvalue weighted by Crippen LogP contribution is 2.33. The van der Waals surface area contributed by atoms with Gasteiger partial charge in [0.25, 0.3) is 0 Å². The number of hydrogen-bond acceptors (Lipinski definition) is 7. The van der Waals surface area contributed by atoms with Crippen molar-refractivity contribution in [2.45, 2.75) is 33.2 Å². The van der Waals surface area contributed by atoms with E-state index in [1.807, 2.05) is 13.0 Å². The van der Waals surface area contributed by atoms with Crippen molar-refractivity contribution < 1.29 is 9.32 Å². The van der Waals surface area contributed by atoms with Crippen LogP contribution in [0.2, 0.25) is 0 Å². The first kappa shape index (κ1) is 21.7. The van der Waals surface area contributed by atoms with E-state index in [0.29, 0.717) is 23.9 Å². The van der Waals surface area contributed by atoms with Gasteiger partial charge in [-0.15, -0.1) is 0 Å². The van der Waals surface area contributed by atoms with Crippen LogP contribution in [0.3, 0.4) is 0 Å². The first-order valence-electron chi connectivity index (χ1n) is 10.4. The van der Waals surface area contributed by atoms with Crippen molar-refractivity contribution in [3.05, 3.63) is 30.0 Å². The van der Waals surface area contributed by atoms with E-state index in [4.69, 9.17) is 9.78 Å². The number of aromatic nitrogens is 1. The quantitative estimate of drug-likeness (QED) is 0.574. The fraction of sp³-hybridized carbons (Fsp3) is 0.500. The van der Waals surface area contributed by atoms with Gasteiger partial charge in [-0.05, 0) is 37.0 Å². The SMILES string of the molecule is Cc1onc(NC(CC(C)C)C(=O)NCC#N)c1-c1ccc(N2CCNCC2)cc1. The van der Waals surface area contributed by atoms with Crippen LogP contribution in [0.5, 0.6) is 0 Å². The van der Waals surface area contributed by atoms with E-state index in [0.717, 1.165) is 37.3 Å². The molecular weight excluding hydrogens is 380 g/mol. The van der Waals surface area contributed by atoms with Crippen molar-refractivity contribution in [3.8, 4) is 17.2 Å². The minimum Gasteiger partial charge on any atom is -0.369 e. The lowest BCUT2D eigenvalue weighted by atomic mass is 10.0. The predicted octanol–water partition coefficient (Wildman–Crippen LogP) is 2.53. The number of nitriles is 1. The molecule has 0 radical (unpaired) electrons. The van der Waals surface area contributed by atoms with Crippen molar-refractivity contribution in [3.63, 3.8) is 0 Å². The highest BCUT2D eigenvalue weighted by molar-refractivity contribution is 5.87. The molecule has 1 aliphatic heterocycles. The molecule has 0 aliphatic carbocycles. The molecule has 160 valence electrons. The molecule has 0 spiro atoms. The number of amides is 1. The Morgan fingerprint density at radius 2 is 2.00 bits per heavy atom. The van der Waals surface area contributed by atoms with Crippen LogP contribution >= 0.6 is 0 Å². The number of carbonyl (C=O) groups is 1. The summed E-state index contributed by atoms with van der Waals surface area (Å²) in [5, 5.41) is 22.2. The number of nitrogens with zero attached hydrogens (tertiary/aromatic N) is 3. The Bertz CT molecular complexity index is 878. The summed E-state index contributed by atoms with van der Waals surface area (Å²) < 4.78 is 5.45. The Hall–Kier alpha value is -3.05. The van der Waals surface area contributed by atoms with Gasteiger partial charge < -0.3 is 25.4 Å². The molecule has 1 saturated heterocycles. The van der Waals surface area contributed by atoms with Crippen molar-refractivity contribution in [2.75, 3.05) is 42.9 Å². The van der Waals surface area contributed by atoms with Gasteiger partial charge in [-0.2, -0.15) is 5.26 Å². The number of piperazine rings is 1. The molecule has 1 atom stereocenters. The Balaban J connectivity index is 1.81. The largest absolute Gasteiger partial charge is 0.369 e. The molecule has 0 bridgehead atoms. The van der Waals surface area contributed by atoms with Gasteiger partial charge in [0, 0.05) is 31.9 Å². The number of nitrogens with one attached hydrogen (secondary N) is 3. The first-order chi connectivity index (χ1) is 14.5. The van der Waals surface area contributed by atoms with E-state index in [9.17, 15) is 4.79 Å². The molecule has 2 aromatic rings. The summed E-state index contributed by atoms with van der Waals surface area (Å²) in [5.74, 6) is 1.31. The van der Waals surface area contributed by atoms with E-state index in [-0.39, 0.29) is 12.5 Å². The van der Waals surface area contributed by atoms with Crippen molar-refractivity contribution in [1.29, 1.82) is 5.26 Å². The third-order valence-electron chi connectivity index (χ3n) is 5.18. The van der Waals surface area contributed by atoms with Gasteiger partial charge in [-0.25, -0.2) is 0 Å². The zero-order chi connectivity index (χ0) is 21.5. The van der Waals surface area contributed by atoms with Crippen LogP contribution in [-0.4, -0.2) is 49.8 Å². The zero-order valence-corrected chi connectivity index (χ0v) is 17.9. The summed E-state index contributed by atoms with van der Waals surface area (Å²) in [5.41, 5.74) is 3.02. The average Bonchev–Trinajstić information content (AvgIpc) is 3.12. The predicted molar refractivity (Wildman–Crippen MR) is 117 cm³/mol. The normalized spacial score (nSPS) is 15.0. The van der Waals surface area contributed by atoms with Crippen LogP contribution in [0.4, 0.5) is 11.5 Å². The second kappa shape index (κ2) is 10.1. The number of hydrogen-bond donors (Lipinski definition) is 3. The molecular formula is C22H30N6O2. The molecule has 1 amide bonds. The maximum atomic E-state index is 12.5. The molecule has 3 rings (SSSR count). The molecule has 8 heteroatoms. The van der Waals surface area contributed by atoms with Gasteiger partial charge in [-0.1, -0.05) is 31.1 Å². The van der Waals surface area contributed by atoms with Crippen LogP contribution in [0.1, 0.15) is 26.0 Å². The van der Waals surface area contributed by atoms with Gasteiger partial charge in [-0.3, -0.25) is 4.79 Å². The van der Waals surface area contributed by atoms with E-state index < -0.39 is 6.04 Å². The van der Waals surface area contributed by atoms with E-state index in [1.54, 1.807) is 0 Å². The number of benzene rings is 1. The standard InChI is InChI=1S/C22H30N6O2/c1-15(2)14-19(22(29)25-9-8-23)26-21-20(16(3)30-27-21)17-4-6-18(7-5-17)28-12-10-24-11-13-28/h4-7,15,19,24H,9-14H2,1-3H3,(H,25,29)(H,26,27). The third-order valence-corrected chi connectivity index (χ3v) is 5.18. The Morgan fingerprint density at radius 3 is 2.63 bits per heavy atom. The summed E-state index contributed by atoms with van der Waals surface area (Å²) in [6, 6.07) is 9.80. The molecule has 8 nitrogen and oxygen atoms in total. The number of carbonyl (C=O) groups excluding carboxylic acids is 1. The van der Waals surface area contributed by atoms with Crippen LogP contribution in [-0.2, 0) is 4.79 Å². The van der Waals surface area contributed by atoms with E-state index in [2.05, 4.69) is 64.1 Å². The number of aryl methyl sites for hydroxylation is 1. The van der Waals surface area contributed by atoms with E-state index in [1.165, 1.54) is 5.69 Å².